The molecular formula is C11H14FNO4S. The molecule has 0 aliphatic heterocycles. The Morgan fingerprint density at radius 3 is 2.44 bits per heavy atom. The fourth-order valence-corrected chi connectivity index (χ4v) is 1.61. The van der Waals surface area contributed by atoms with Crippen molar-refractivity contribution in [2.45, 2.75) is 26.2 Å². The zero-order valence-corrected chi connectivity index (χ0v) is 10.7. The summed E-state index contributed by atoms with van der Waals surface area (Å²) < 4.78 is 36.7. The second-order valence-electron chi connectivity index (χ2n) is 3.65. The first-order valence-corrected chi connectivity index (χ1v) is 6.75. The molecule has 0 bridgehead atoms. The molecule has 1 aromatic carbocycles. The molecule has 1 rings (SSSR count). The van der Waals surface area contributed by atoms with Gasteiger partial charge in [0.1, 0.15) is 5.75 Å². The van der Waals surface area contributed by atoms with Crippen LogP contribution >= 0.6 is 0 Å². The normalized spacial score (nSPS) is 11.0. The van der Waals surface area contributed by atoms with E-state index in [4.69, 9.17) is 0 Å². The number of hydrogen-bond donors (Lipinski definition) is 1. The lowest BCUT2D eigenvalue weighted by molar-refractivity contribution is -0.116. The van der Waals surface area contributed by atoms with Crippen LogP contribution < -0.4 is 9.50 Å². The van der Waals surface area contributed by atoms with Crippen molar-refractivity contribution in [3.05, 3.63) is 24.3 Å². The van der Waals surface area contributed by atoms with E-state index in [-0.39, 0.29) is 11.7 Å². The Balaban J connectivity index is 2.58. The fraction of sp³-hybridized carbons (Fsp3) is 0.364. The Labute approximate surface area is 105 Å². The second kappa shape index (κ2) is 6.34. The lowest BCUT2D eigenvalue weighted by Crippen LogP contribution is -2.10. The number of hydrogen-bond acceptors (Lipinski definition) is 4. The maximum atomic E-state index is 12.2. The van der Waals surface area contributed by atoms with Crippen LogP contribution in [0, 0.1) is 0 Å². The molecule has 7 heteroatoms. The summed E-state index contributed by atoms with van der Waals surface area (Å²) in [5.41, 5.74) is 0.500. The van der Waals surface area contributed by atoms with Crippen molar-refractivity contribution in [2.75, 3.05) is 5.32 Å². The van der Waals surface area contributed by atoms with Crippen LogP contribution in [0.4, 0.5) is 9.57 Å². The summed E-state index contributed by atoms with van der Waals surface area (Å²) in [6, 6.07) is 5.38. The van der Waals surface area contributed by atoms with Gasteiger partial charge in [0.15, 0.2) is 0 Å². The molecule has 0 unspecified atom stereocenters. The zero-order valence-electron chi connectivity index (χ0n) is 9.85. The van der Waals surface area contributed by atoms with E-state index >= 15 is 0 Å². The Kier molecular flexibility index (Phi) is 5.08. The van der Waals surface area contributed by atoms with Gasteiger partial charge in [0.05, 0.1) is 0 Å². The van der Waals surface area contributed by atoms with Crippen LogP contribution in [0.1, 0.15) is 26.2 Å². The number of nitrogens with one attached hydrogen (secondary N) is 1. The van der Waals surface area contributed by atoms with Gasteiger partial charge >= 0.3 is 10.5 Å². The minimum atomic E-state index is -5.01. The molecule has 1 amide bonds. The van der Waals surface area contributed by atoms with E-state index in [1.165, 1.54) is 24.3 Å². The number of amides is 1. The maximum absolute atomic E-state index is 12.2. The van der Waals surface area contributed by atoms with E-state index in [0.717, 1.165) is 12.8 Å². The molecule has 1 aromatic rings. The van der Waals surface area contributed by atoms with Gasteiger partial charge in [-0.15, -0.1) is 0 Å². The van der Waals surface area contributed by atoms with E-state index in [1.54, 1.807) is 0 Å². The Hall–Kier alpha value is -1.63. The van der Waals surface area contributed by atoms with Crippen LogP contribution in [0.3, 0.4) is 0 Å². The van der Waals surface area contributed by atoms with Crippen LogP contribution in [0.15, 0.2) is 24.3 Å². The first-order chi connectivity index (χ1) is 8.40. The highest BCUT2D eigenvalue weighted by molar-refractivity contribution is 7.81. The molecule has 0 atom stereocenters. The zero-order chi connectivity index (χ0) is 13.6. The van der Waals surface area contributed by atoms with E-state index in [2.05, 4.69) is 9.50 Å². The van der Waals surface area contributed by atoms with Gasteiger partial charge in [0, 0.05) is 12.1 Å². The lowest BCUT2D eigenvalue weighted by atomic mass is 10.2. The predicted molar refractivity (Wildman–Crippen MR) is 65.3 cm³/mol. The Bertz CT molecular complexity index is 498. The minimum absolute atomic E-state index is 0.122. The number of benzene rings is 1. The third kappa shape index (κ3) is 5.62. The molecule has 5 nitrogen and oxygen atoms in total. The highest BCUT2D eigenvalue weighted by atomic mass is 32.3. The van der Waals surface area contributed by atoms with Crippen LogP contribution in [0.5, 0.6) is 5.75 Å². The lowest BCUT2D eigenvalue weighted by Gasteiger charge is -2.05. The average Bonchev–Trinajstić information content (AvgIpc) is 2.27. The van der Waals surface area contributed by atoms with Crippen molar-refractivity contribution in [3.63, 3.8) is 0 Å². The highest BCUT2D eigenvalue weighted by Gasteiger charge is 2.09. The quantitative estimate of drug-likeness (QED) is 0.809. The van der Waals surface area contributed by atoms with E-state index in [9.17, 15) is 17.1 Å². The minimum Gasteiger partial charge on any atom is -0.358 e. The van der Waals surface area contributed by atoms with Gasteiger partial charge < -0.3 is 9.50 Å². The van der Waals surface area contributed by atoms with Crippen molar-refractivity contribution in [1.29, 1.82) is 0 Å². The van der Waals surface area contributed by atoms with Crippen LogP contribution in [-0.2, 0) is 15.3 Å². The summed E-state index contributed by atoms with van der Waals surface area (Å²) in [6.45, 7) is 1.98. The van der Waals surface area contributed by atoms with E-state index in [1.807, 2.05) is 6.92 Å². The first-order valence-electron chi connectivity index (χ1n) is 5.44. The molecule has 0 saturated heterocycles. The van der Waals surface area contributed by atoms with Gasteiger partial charge in [0.2, 0.25) is 5.91 Å². The predicted octanol–water partition coefficient (Wildman–Crippen LogP) is 2.41. The molecule has 0 saturated carbocycles. The largest absolute Gasteiger partial charge is 0.488 e. The second-order valence-corrected chi connectivity index (χ2v) is 4.61. The number of rotatable bonds is 6. The van der Waals surface area contributed by atoms with Gasteiger partial charge in [-0.2, -0.15) is 8.42 Å². The molecule has 0 fully saturated rings. The van der Waals surface area contributed by atoms with Crippen molar-refractivity contribution >= 4 is 22.1 Å². The number of carbonyl (C=O) groups excluding carboxylic acids is 1. The molecule has 100 valence electrons. The maximum Gasteiger partial charge on any atom is 0.488 e. The molecule has 0 aliphatic rings. The van der Waals surface area contributed by atoms with Gasteiger partial charge in [-0.3, -0.25) is 4.79 Å². The average molecular weight is 275 g/mol. The molecule has 0 heterocycles. The third-order valence-electron chi connectivity index (χ3n) is 2.09. The molecule has 0 spiro atoms. The fourth-order valence-electron chi connectivity index (χ4n) is 1.27. The third-order valence-corrected chi connectivity index (χ3v) is 2.48. The summed E-state index contributed by atoms with van der Waals surface area (Å²) in [4.78, 5) is 11.4. The SMILES string of the molecule is CCCCC(=O)Nc1ccc(OS(=O)(=O)F)cc1. The summed E-state index contributed by atoms with van der Waals surface area (Å²) >= 11 is 0. The first kappa shape index (κ1) is 14.4. The van der Waals surface area contributed by atoms with Gasteiger partial charge in [-0.1, -0.05) is 17.2 Å². The monoisotopic (exact) mass is 275 g/mol. The summed E-state index contributed by atoms with van der Waals surface area (Å²) in [6.07, 6.45) is 2.15. The van der Waals surface area contributed by atoms with Crippen molar-refractivity contribution < 1.29 is 21.3 Å². The molecule has 0 aromatic heterocycles. The smallest absolute Gasteiger partial charge is 0.358 e. The highest BCUT2D eigenvalue weighted by Crippen LogP contribution is 2.18. The number of carbonyl (C=O) groups is 1. The molecule has 18 heavy (non-hydrogen) atoms. The van der Waals surface area contributed by atoms with Gasteiger partial charge in [-0.25, -0.2) is 0 Å². The van der Waals surface area contributed by atoms with Crippen molar-refractivity contribution in [3.8, 4) is 5.75 Å². The molecule has 0 radical (unpaired) electrons. The number of halogens is 1. The number of anilines is 1. The molecule has 1 N–H and O–H groups in total. The summed E-state index contributed by atoms with van der Waals surface area (Å²) in [5, 5.41) is 2.63. The Morgan fingerprint density at radius 2 is 1.94 bits per heavy atom. The van der Waals surface area contributed by atoms with E-state index in [0.29, 0.717) is 12.1 Å². The van der Waals surface area contributed by atoms with Crippen molar-refractivity contribution in [1.82, 2.24) is 0 Å². The standard InChI is InChI=1S/C11H14FNO4S/c1-2-3-4-11(14)13-9-5-7-10(8-6-9)17-18(12,15)16/h5-8H,2-4H2,1H3,(H,13,14). The van der Waals surface area contributed by atoms with Crippen molar-refractivity contribution in [2.24, 2.45) is 0 Å². The van der Waals surface area contributed by atoms with Crippen LogP contribution in [0.25, 0.3) is 0 Å². The van der Waals surface area contributed by atoms with Crippen LogP contribution in [-0.4, -0.2) is 14.3 Å². The summed E-state index contributed by atoms with van der Waals surface area (Å²) in [7, 11) is -5.01. The molecular weight excluding hydrogens is 261 g/mol. The number of unbranched alkanes of at least 4 members (excludes halogenated alkanes) is 1. The van der Waals surface area contributed by atoms with Gasteiger partial charge in [-0.05, 0) is 30.7 Å². The summed E-state index contributed by atoms with van der Waals surface area (Å²) in [5.74, 6) is -0.271. The van der Waals surface area contributed by atoms with E-state index < -0.39 is 10.5 Å². The molecule has 0 aliphatic carbocycles. The van der Waals surface area contributed by atoms with Gasteiger partial charge in [0.25, 0.3) is 0 Å². The van der Waals surface area contributed by atoms with Crippen LogP contribution in [0.2, 0.25) is 0 Å². The topological polar surface area (TPSA) is 72.5 Å². The Morgan fingerprint density at radius 1 is 1.33 bits per heavy atom.